The number of amides is 2. The molecule has 0 saturated heterocycles. The van der Waals surface area contributed by atoms with Crippen molar-refractivity contribution in [2.45, 2.75) is 24.3 Å². The van der Waals surface area contributed by atoms with Gasteiger partial charge in [0.2, 0.25) is 15.9 Å². The zero-order valence-corrected chi connectivity index (χ0v) is 19.5. The van der Waals surface area contributed by atoms with E-state index in [2.05, 4.69) is 15.4 Å². The maximum atomic E-state index is 12.4. The van der Waals surface area contributed by atoms with Crippen molar-refractivity contribution in [3.63, 3.8) is 0 Å². The van der Waals surface area contributed by atoms with Gasteiger partial charge in [-0.25, -0.2) is 13.1 Å². The van der Waals surface area contributed by atoms with Gasteiger partial charge in [-0.1, -0.05) is 54.1 Å². The Morgan fingerprint density at radius 3 is 2.36 bits per heavy atom. The number of benzene rings is 3. The van der Waals surface area contributed by atoms with Crippen molar-refractivity contribution in [2.24, 2.45) is 0 Å². The quantitative estimate of drug-likeness (QED) is 0.423. The van der Waals surface area contributed by atoms with Gasteiger partial charge < -0.3 is 10.6 Å². The Balaban J connectivity index is 1.53. The number of carbonyl (C=O) groups excluding carboxylic acids is 2. The maximum Gasteiger partial charge on any atom is 0.255 e. The second kappa shape index (κ2) is 11.1. The van der Waals surface area contributed by atoms with Crippen LogP contribution in [0.25, 0.3) is 0 Å². The third kappa shape index (κ3) is 6.89. The highest BCUT2D eigenvalue weighted by atomic mass is 35.5. The normalized spacial score (nSPS) is 12.1. The lowest BCUT2D eigenvalue weighted by Gasteiger charge is -2.16. The fourth-order valence-electron chi connectivity index (χ4n) is 3.11. The molecule has 172 valence electrons. The minimum atomic E-state index is -3.81. The summed E-state index contributed by atoms with van der Waals surface area (Å²) < 4.78 is 27.1. The SMILES string of the molecule is CC(NC(=O)CCNS(=O)(=O)c1ccccc1Cl)c1cccc(NC(=O)c2ccccc2)c1. The van der Waals surface area contributed by atoms with Gasteiger partial charge in [-0.2, -0.15) is 0 Å². The zero-order chi connectivity index (χ0) is 23.8. The first kappa shape index (κ1) is 24.4. The van der Waals surface area contributed by atoms with Crippen LogP contribution in [0.2, 0.25) is 5.02 Å². The zero-order valence-electron chi connectivity index (χ0n) is 17.9. The van der Waals surface area contributed by atoms with Crippen molar-refractivity contribution in [1.29, 1.82) is 0 Å². The van der Waals surface area contributed by atoms with E-state index in [1.807, 2.05) is 19.1 Å². The second-order valence-corrected chi connectivity index (χ2v) is 9.46. The fraction of sp³-hybridized carbons (Fsp3) is 0.167. The summed E-state index contributed by atoms with van der Waals surface area (Å²) in [7, 11) is -3.81. The summed E-state index contributed by atoms with van der Waals surface area (Å²) in [6.45, 7) is 1.74. The van der Waals surface area contributed by atoms with Crippen LogP contribution in [0.15, 0.2) is 83.8 Å². The average Bonchev–Trinajstić information content (AvgIpc) is 2.80. The molecule has 0 radical (unpaired) electrons. The molecule has 0 spiro atoms. The summed E-state index contributed by atoms with van der Waals surface area (Å²) in [6.07, 6.45) is -0.0432. The molecule has 0 heterocycles. The Morgan fingerprint density at radius 2 is 1.64 bits per heavy atom. The number of hydrogen-bond donors (Lipinski definition) is 3. The average molecular weight is 486 g/mol. The van der Waals surface area contributed by atoms with Crippen LogP contribution in [0.4, 0.5) is 5.69 Å². The van der Waals surface area contributed by atoms with E-state index in [9.17, 15) is 18.0 Å². The van der Waals surface area contributed by atoms with E-state index in [1.54, 1.807) is 54.6 Å². The number of carbonyl (C=O) groups is 2. The summed E-state index contributed by atoms with van der Waals surface area (Å²) in [5.41, 5.74) is 1.95. The largest absolute Gasteiger partial charge is 0.350 e. The van der Waals surface area contributed by atoms with E-state index in [1.165, 1.54) is 12.1 Å². The van der Waals surface area contributed by atoms with Crippen LogP contribution >= 0.6 is 11.6 Å². The lowest BCUT2D eigenvalue weighted by atomic mass is 10.1. The monoisotopic (exact) mass is 485 g/mol. The number of rotatable bonds is 9. The van der Waals surface area contributed by atoms with Gasteiger partial charge in [0.05, 0.1) is 11.1 Å². The van der Waals surface area contributed by atoms with Crippen LogP contribution in [-0.2, 0) is 14.8 Å². The highest BCUT2D eigenvalue weighted by Crippen LogP contribution is 2.20. The van der Waals surface area contributed by atoms with Gasteiger partial charge in [-0.15, -0.1) is 0 Å². The minimum absolute atomic E-state index is 0.0326. The molecule has 0 bridgehead atoms. The molecule has 0 aromatic heterocycles. The Morgan fingerprint density at radius 1 is 0.939 bits per heavy atom. The van der Waals surface area contributed by atoms with Crippen LogP contribution in [0.5, 0.6) is 0 Å². The topological polar surface area (TPSA) is 104 Å². The van der Waals surface area contributed by atoms with E-state index in [0.717, 1.165) is 5.56 Å². The molecule has 0 aliphatic rings. The predicted octanol–water partition coefficient (Wildman–Crippen LogP) is 4.14. The molecule has 3 rings (SSSR count). The summed E-state index contributed by atoms with van der Waals surface area (Å²) in [5.74, 6) is -0.543. The van der Waals surface area contributed by atoms with E-state index in [4.69, 9.17) is 11.6 Å². The fourth-order valence-corrected chi connectivity index (χ4v) is 4.66. The molecule has 3 aromatic rings. The smallest absolute Gasteiger partial charge is 0.255 e. The highest BCUT2D eigenvalue weighted by Gasteiger charge is 2.18. The van der Waals surface area contributed by atoms with Gasteiger partial charge in [-0.3, -0.25) is 9.59 Å². The van der Waals surface area contributed by atoms with Crippen LogP contribution in [0, 0.1) is 0 Å². The number of sulfonamides is 1. The van der Waals surface area contributed by atoms with E-state index >= 15 is 0 Å². The summed E-state index contributed by atoms with van der Waals surface area (Å²) >= 11 is 5.94. The first-order valence-corrected chi connectivity index (χ1v) is 12.1. The van der Waals surface area contributed by atoms with Gasteiger partial charge in [0, 0.05) is 24.2 Å². The van der Waals surface area contributed by atoms with Crippen LogP contribution < -0.4 is 15.4 Å². The Kier molecular flexibility index (Phi) is 8.21. The van der Waals surface area contributed by atoms with Crippen LogP contribution in [-0.4, -0.2) is 26.8 Å². The third-order valence-electron chi connectivity index (χ3n) is 4.83. The lowest BCUT2D eigenvalue weighted by Crippen LogP contribution is -2.32. The number of nitrogens with one attached hydrogen (secondary N) is 3. The first-order chi connectivity index (χ1) is 15.8. The predicted molar refractivity (Wildman–Crippen MR) is 129 cm³/mol. The van der Waals surface area contributed by atoms with Gasteiger partial charge in [-0.05, 0) is 48.9 Å². The number of halogens is 1. The third-order valence-corrected chi connectivity index (χ3v) is 6.79. The van der Waals surface area contributed by atoms with Crippen LogP contribution in [0.3, 0.4) is 0 Å². The van der Waals surface area contributed by atoms with Crippen molar-refractivity contribution in [3.05, 3.63) is 95.0 Å². The molecule has 3 aromatic carbocycles. The van der Waals surface area contributed by atoms with E-state index in [-0.39, 0.29) is 40.7 Å². The number of hydrogen-bond acceptors (Lipinski definition) is 4. The molecule has 1 unspecified atom stereocenters. The van der Waals surface area contributed by atoms with Crippen molar-refractivity contribution in [2.75, 3.05) is 11.9 Å². The Labute approximate surface area is 198 Å². The molecular weight excluding hydrogens is 462 g/mol. The highest BCUT2D eigenvalue weighted by molar-refractivity contribution is 7.89. The van der Waals surface area contributed by atoms with E-state index < -0.39 is 10.0 Å². The molecule has 0 aliphatic heterocycles. The standard InChI is InChI=1S/C24H24ClN3O4S/c1-17(19-10-7-11-20(16-19)28-24(30)18-8-3-2-4-9-18)27-23(29)14-15-26-33(31,32)22-13-6-5-12-21(22)25/h2-13,16-17,26H,14-15H2,1H3,(H,27,29)(H,28,30). The van der Waals surface area contributed by atoms with Crippen molar-refractivity contribution in [3.8, 4) is 0 Å². The van der Waals surface area contributed by atoms with Gasteiger partial charge in [0.25, 0.3) is 5.91 Å². The summed E-state index contributed by atoms with van der Waals surface area (Å²) in [5, 5.41) is 5.79. The second-order valence-electron chi connectivity index (χ2n) is 7.31. The molecule has 0 aliphatic carbocycles. The van der Waals surface area contributed by atoms with Gasteiger partial charge in [0.15, 0.2) is 0 Å². The van der Waals surface area contributed by atoms with Crippen molar-refractivity contribution in [1.82, 2.24) is 10.0 Å². The van der Waals surface area contributed by atoms with Crippen molar-refractivity contribution < 1.29 is 18.0 Å². The van der Waals surface area contributed by atoms with Crippen LogP contribution in [0.1, 0.15) is 35.3 Å². The Bertz CT molecular complexity index is 1230. The summed E-state index contributed by atoms with van der Waals surface area (Å²) in [4.78, 5) is 24.6. The summed E-state index contributed by atoms with van der Waals surface area (Å²) in [6, 6.07) is 21.8. The lowest BCUT2D eigenvalue weighted by molar-refractivity contribution is -0.121. The molecule has 2 amide bonds. The first-order valence-electron chi connectivity index (χ1n) is 10.3. The van der Waals surface area contributed by atoms with Gasteiger partial charge in [0.1, 0.15) is 4.90 Å². The van der Waals surface area contributed by atoms with Gasteiger partial charge >= 0.3 is 0 Å². The molecule has 33 heavy (non-hydrogen) atoms. The molecular formula is C24H24ClN3O4S. The number of anilines is 1. The molecule has 3 N–H and O–H groups in total. The molecule has 1 atom stereocenters. The van der Waals surface area contributed by atoms with Crippen molar-refractivity contribution >= 4 is 39.1 Å². The molecule has 0 saturated carbocycles. The van der Waals surface area contributed by atoms with E-state index in [0.29, 0.717) is 11.3 Å². The molecule has 9 heteroatoms. The minimum Gasteiger partial charge on any atom is -0.350 e. The maximum absolute atomic E-state index is 12.4. The molecule has 7 nitrogen and oxygen atoms in total. The Hall–Kier alpha value is -3.20. The molecule has 0 fully saturated rings.